The number of anilines is 2. The molecule has 1 unspecified atom stereocenters. The van der Waals surface area contributed by atoms with Gasteiger partial charge in [0.25, 0.3) is 0 Å². The number of nitrogens with one attached hydrogen (secondary N) is 2. The zero-order chi connectivity index (χ0) is 23.5. The van der Waals surface area contributed by atoms with Crippen LogP contribution in [0.15, 0.2) is 28.8 Å². The quantitative estimate of drug-likeness (QED) is 0.669. The Morgan fingerprint density at radius 3 is 2.47 bits per heavy atom. The van der Waals surface area contributed by atoms with Gasteiger partial charge in [-0.05, 0) is 32.0 Å². The van der Waals surface area contributed by atoms with Gasteiger partial charge in [-0.3, -0.25) is 19.4 Å². The van der Waals surface area contributed by atoms with Gasteiger partial charge in [-0.25, -0.2) is 0 Å². The third-order valence-corrected chi connectivity index (χ3v) is 5.47. The Bertz CT molecular complexity index is 974. The predicted molar refractivity (Wildman–Crippen MR) is 112 cm³/mol. The van der Waals surface area contributed by atoms with E-state index in [0.29, 0.717) is 37.8 Å². The van der Waals surface area contributed by atoms with Crippen LogP contribution in [0.25, 0.3) is 0 Å². The molecule has 1 atom stereocenters. The monoisotopic (exact) mass is 473 g/mol. The number of benzene rings is 1. The molecule has 2 heterocycles. The van der Waals surface area contributed by atoms with E-state index in [4.69, 9.17) is 16.1 Å². The van der Waals surface area contributed by atoms with E-state index in [9.17, 15) is 22.8 Å². The molecule has 8 nitrogen and oxygen atoms in total. The average molecular weight is 474 g/mol. The molecule has 1 aromatic heterocycles. The summed E-state index contributed by atoms with van der Waals surface area (Å²) in [6.45, 7) is 5.75. The number of rotatable bonds is 6. The number of carbonyl (C=O) groups excluding carboxylic acids is 2. The molecule has 0 bridgehead atoms. The first-order chi connectivity index (χ1) is 15.0. The van der Waals surface area contributed by atoms with Crippen molar-refractivity contribution >= 4 is 34.9 Å². The van der Waals surface area contributed by atoms with E-state index in [1.54, 1.807) is 19.9 Å². The van der Waals surface area contributed by atoms with Gasteiger partial charge in [0.2, 0.25) is 11.8 Å². The van der Waals surface area contributed by atoms with E-state index >= 15 is 0 Å². The Morgan fingerprint density at radius 1 is 1.19 bits per heavy atom. The fraction of sp³-hybridized carbons (Fsp3) is 0.450. The first kappa shape index (κ1) is 24.0. The van der Waals surface area contributed by atoms with Crippen molar-refractivity contribution in [2.24, 2.45) is 0 Å². The van der Waals surface area contributed by atoms with Gasteiger partial charge in [0, 0.05) is 37.9 Å². The lowest BCUT2D eigenvalue weighted by Gasteiger charge is -2.37. The lowest BCUT2D eigenvalue weighted by atomic mass is 10.1. The standard InChI is InChI=1S/C20H23ClF3N5O3/c1-12-9-17(27-32-12)26-18(30)11-28-5-7-29(8-6-28)13(2)19(31)25-14-3-4-16(21)15(10-14)20(22,23)24/h3-4,9-10,13H,5-8,11H2,1-2H3,(H,25,31)(H,26,27,30). The Balaban J connectivity index is 1.49. The third-order valence-electron chi connectivity index (χ3n) is 5.14. The van der Waals surface area contributed by atoms with Gasteiger partial charge in [-0.1, -0.05) is 16.8 Å². The van der Waals surface area contributed by atoms with Gasteiger partial charge in [0.05, 0.1) is 23.2 Å². The van der Waals surface area contributed by atoms with Crippen LogP contribution in [0.4, 0.5) is 24.7 Å². The number of nitrogens with zero attached hydrogens (tertiary/aromatic N) is 3. The van der Waals surface area contributed by atoms with Crippen LogP contribution in [0.2, 0.25) is 5.02 Å². The van der Waals surface area contributed by atoms with Gasteiger partial charge in [-0.2, -0.15) is 13.2 Å². The van der Waals surface area contributed by atoms with Crippen molar-refractivity contribution in [2.75, 3.05) is 43.4 Å². The van der Waals surface area contributed by atoms with Crippen LogP contribution in [0.1, 0.15) is 18.2 Å². The van der Waals surface area contributed by atoms with Crippen LogP contribution in [-0.4, -0.2) is 65.5 Å². The minimum atomic E-state index is -4.61. The molecule has 32 heavy (non-hydrogen) atoms. The topological polar surface area (TPSA) is 90.7 Å². The van der Waals surface area contributed by atoms with Crippen molar-refractivity contribution in [2.45, 2.75) is 26.1 Å². The van der Waals surface area contributed by atoms with E-state index in [1.807, 2.05) is 9.80 Å². The zero-order valence-electron chi connectivity index (χ0n) is 17.5. The molecule has 1 saturated heterocycles. The molecule has 0 aliphatic carbocycles. The number of piperazine rings is 1. The maximum absolute atomic E-state index is 13.0. The van der Waals surface area contributed by atoms with Crippen molar-refractivity contribution in [1.82, 2.24) is 15.0 Å². The summed E-state index contributed by atoms with van der Waals surface area (Å²) in [5, 5.41) is 8.46. The second-order valence-corrected chi connectivity index (χ2v) is 7.95. The summed E-state index contributed by atoms with van der Waals surface area (Å²) in [6, 6.07) is 4.31. The molecule has 3 rings (SSSR count). The summed E-state index contributed by atoms with van der Waals surface area (Å²) in [7, 11) is 0. The molecule has 1 fully saturated rings. The predicted octanol–water partition coefficient (Wildman–Crippen LogP) is 3.24. The summed E-state index contributed by atoms with van der Waals surface area (Å²) in [6.07, 6.45) is -4.61. The van der Waals surface area contributed by atoms with Crippen molar-refractivity contribution in [3.8, 4) is 0 Å². The fourth-order valence-electron chi connectivity index (χ4n) is 3.35. The SMILES string of the molecule is Cc1cc(NC(=O)CN2CCN(C(C)C(=O)Nc3ccc(Cl)c(C(F)(F)F)c3)CC2)no1. The number of carbonyl (C=O) groups is 2. The fourth-order valence-corrected chi connectivity index (χ4v) is 3.58. The summed E-state index contributed by atoms with van der Waals surface area (Å²) in [5.41, 5.74) is -0.978. The van der Waals surface area contributed by atoms with Crippen LogP contribution >= 0.6 is 11.6 Å². The van der Waals surface area contributed by atoms with Crippen molar-refractivity contribution in [3.63, 3.8) is 0 Å². The molecular weight excluding hydrogens is 451 g/mol. The van der Waals surface area contributed by atoms with Crippen LogP contribution in [0.5, 0.6) is 0 Å². The molecule has 2 amide bonds. The highest BCUT2D eigenvalue weighted by Crippen LogP contribution is 2.36. The largest absolute Gasteiger partial charge is 0.417 e. The number of amides is 2. The minimum absolute atomic E-state index is 0.0250. The van der Waals surface area contributed by atoms with Gasteiger partial charge >= 0.3 is 6.18 Å². The Morgan fingerprint density at radius 2 is 1.88 bits per heavy atom. The molecule has 1 aromatic carbocycles. The first-order valence-corrected chi connectivity index (χ1v) is 10.3. The summed E-state index contributed by atoms with van der Waals surface area (Å²) in [4.78, 5) is 28.5. The minimum Gasteiger partial charge on any atom is -0.360 e. The molecule has 1 aliphatic rings. The van der Waals surface area contributed by atoms with E-state index in [0.717, 1.165) is 12.1 Å². The summed E-state index contributed by atoms with van der Waals surface area (Å²) in [5.74, 6) is 0.301. The number of alkyl halides is 3. The maximum atomic E-state index is 13.0. The van der Waals surface area contributed by atoms with E-state index in [2.05, 4.69) is 15.8 Å². The van der Waals surface area contributed by atoms with Crippen LogP contribution in [0, 0.1) is 6.92 Å². The number of aromatic nitrogens is 1. The van der Waals surface area contributed by atoms with Crippen molar-refractivity contribution < 1.29 is 27.3 Å². The van der Waals surface area contributed by atoms with E-state index in [1.165, 1.54) is 6.07 Å². The van der Waals surface area contributed by atoms with Crippen molar-refractivity contribution in [1.29, 1.82) is 0 Å². The zero-order valence-corrected chi connectivity index (χ0v) is 18.3. The van der Waals surface area contributed by atoms with Crippen LogP contribution < -0.4 is 10.6 Å². The highest BCUT2D eigenvalue weighted by molar-refractivity contribution is 6.31. The van der Waals surface area contributed by atoms with Crippen molar-refractivity contribution in [3.05, 3.63) is 40.6 Å². The molecule has 12 heteroatoms. The first-order valence-electron chi connectivity index (χ1n) is 9.90. The molecule has 0 saturated carbocycles. The second kappa shape index (κ2) is 9.88. The smallest absolute Gasteiger partial charge is 0.360 e. The van der Waals surface area contributed by atoms with Crippen LogP contribution in [0.3, 0.4) is 0 Å². The number of hydrogen-bond donors (Lipinski definition) is 2. The average Bonchev–Trinajstić information content (AvgIpc) is 3.13. The van der Waals surface area contributed by atoms with Gasteiger partial charge in [0.15, 0.2) is 5.82 Å². The number of aryl methyl sites for hydroxylation is 1. The van der Waals surface area contributed by atoms with Gasteiger partial charge in [-0.15, -0.1) is 0 Å². The molecule has 2 N–H and O–H groups in total. The molecular formula is C20H23ClF3N5O3. The summed E-state index contributed by atoms with van der Waals surface area (Å²) < 4.78 is 44.0. The van der Waals surface area contributed by atoms with Crippen LogP contribution in [-0.2, 0) is 15.8 Å². The Labute approximate surface area is 187 Å². The Hall–Kier alpha value is -2.63. The molecule has 174 valence electrons. The highest BCUT2D eigenvalue weighted by atomic mass is 35.5. The lowest BCUT2D eigenvalue weighted by molar-refractivity contribution is -0.137. The van der Waals surface area contributed by atoms with E-state index in [-0.39, 0.29) is 18.1 Å². The normalized spacial score (nSPS) is 16.6. The van der Waals surface area contributed by atoms with Gasteiger partial charge in [0.1, 0.15) is 5.76 Å². The van der Waals surface area contributed by atoms with Gasteiger partial charge < -0.3 is 15.2 Å². The molecule has 2 aromatic rings. The second-order valence-electron chi connectivity index (χ2n) is 7.54. The molecule has 1 aliphatic heterocycles. The number of halogens is 4. The lowest BCUT2D eigenvalue weighted by Crippen LogP contribution is -2.53. The van der Waals surface area contributed by atoms with E-state index < -0.39 is 28.7 Å². The molecule has 0 spiro atoms. The summed E-state index contributed by atoms with van der Waals surface area (Å²) >= 11 is 5.62. The third kappa shape index (κ3) is 6.21. The Kier molecular flexibility index (Phi) is 7.42. The maximum Gasteiger partial charge on any atom is 0.417 e. The number of hydrogen-bond acceptors (Lipinski definition) is 6. The molecule has 0 radical (unpaired) electrons. The highest BCUT2D eigenvalue weighted by Gasteiger charge is 2.34.